The van der Waals surface area contributed by atoms with Gasteiger partial charge < -0.3 is 19.5 Å². The van der Waals surface area contributed by atoms with E-state index >= 15 is 0 Å². The van der Waals surface area contributed by atoms with E-state index < -0.39 is 6.10 Å². The van der Waals surface area contributed by atoms with E-state index in [4.69, 9.17) is 9.47 Å². The van der Waals surface area contributed by atoms with Gasteiger partial charge in [-0.25, -0.2) is 0 Å². The second-order valence-corrected chi connectivity index (χ2v) is 14.6. The molecule has 0 saturated carbocycles. The maximum Gasteiger partial charge on any atom is 0.306 e. The van der Waals surface area contributed by atoms with E-state index in [9.17, 15) is 14.7 Å². The van der Waals surface area contributed by atoms with Gasteiger partial charge >= 0.3 is 11.9 Å². The Morgan fingerprint density at radius 3 is 1.52 bits per heavy atom. The molecular weight excluding hydrogens is 690 g/mol. The third-order valence-electron chi connectivity index (χ3n) is 9.34. The number of hydrogen-bond donors (Lipinski definition) is 1. The van der Waals surface area contributed by atoms with Gasteiger partial charge in [-0.3, -0.25) is 9.59 Å². The SMILES string of the molecule is Br.CCCCCCCC/C=C\CCCCCCCC(=O)OCC(CN(C)C)OC(=O)CCCC(CCO)CCC/C=C\CCCCCCCC. The molecule has 1 N–H and O–H groups in total. The minimum Gasteiger partial charge on any atom is -0.462 e. The number of aliphatic hydroxyl groups is 1. The van der Waals surface area contributed by atoms with Crippen LogP contribution in [0.2, 0.25) is 0 Å². The summed E-state index contributed by atoms with van der Waals surface area (Å²) in [6, 6.07) is 0. The summed E-state index contributed by atoms with van der Waals surface area (Å²) in [6.45, 7) is 5.34. The van der Waals surface area contributed by atoms with Crippen LogP contribution in [0.15, 0.2) is 24.3 Å². The number of nitrogens with zero attached hydrogens (tertiary/aromatic N) is 1. The molecule has 0 radical (unpaired) electrons. The fourth-order valence-corrected chi connectivity index (χ4v) is 6.33. The van der Waals surface area contributed by atoms with Crippen LogP contribution < -0.4 is 0 Å². The van der Waals surface area contributed by atoms with Gasteiger partial charge in [-0.05, 0) is 97.1 Å². The van der Waals surface area contributed by atoms with E-state index in [1.165, 1.54) is 103 Å². The number of unbranched alkanes of at least 4 members (excludes halogenated alkanes) is 18. The highest BCUT2D eigenvalue weighted by Crippen LogP contribution is 2.20. The van der Waals surface area contributed by atoms with Gasteiger partial charge in [0.1, 0.15) is 12.7 Å². The highest BCUT2D eigenvalue weighted by molar-refractivity contribution is 8.93. The number of carbonyl (C=O) groups is 2. The Hall–Kier alpha value is -1.18. The number of hydrogen-bond acceptors (Lipinski definition) is 6. The van der Waals surface area contributed by atoms with Crippen LogP contribution in [-0.4, -0.2) is 61.9 Å². The van der Waals surface area contributed by atoms with E-state index in [-0.39, 0.29) is 42.1 Å². The summed E-state index contributed by atoms with van der Waals surface area (Å²) < 4.78 is 11.3. The van der Waals surface area contributed by atoms with Crippen LogP contribution in [0.4, 0.5) is 0 Å². The molecule has 0 bridgehead atoms. The Labute approximate surface area is 320 Å². The number of aliphatic hydroxyl groups excluding tert-OH is 1. The Balaban J connectivity index is 0. The van der Waals surface area contributed by atoms with Crippen molar-refractivity contribution in [2.24, 2.45) is 5.92 Å². The second kappa shape index (κ2) is 40.6. The number of esters is 2. The van der Waals surface area contributed by atoms with Crippen molar-refractivity contribution in [1.82, 2.24) is 4.90 Å². The Morgan fingerprint density at radius 2 is 1.02 bits per heavy atom. The highest BCUT2D eigenvalue weighted by Gasteiger charge is 2.18. The van der Waals surface area contributed by atoms with Gasteiger partial charge in [-0.2, -0.15) is 0 Å². The van der Waals surface area contributed by atoms with Crippen LogP contribution in [-0.2, 0) is 19.1 Å². The molecule has 0 aliphatic heterocycles. The Bertz CT molecular complexity index is 787. The molecule has 0 aliphatic carbocycles. The van der Waals surface area contributed by atoms with E-state index in [1.54, 1.807) is 0 Å². The monoisotopic (exact) mass is 772 g/mol. The van der Waals surface area contributed by atoms with Crippen LogP contribution in [0.1, 0.15) is 194 Å². The summed E-state index contributed by atoms with van der Waals surface area (Å²) in [5, 5.41) is 9.54. The quantitative estimate of drug-likeness (QED) is 0.0385. The minimum absolute atomic E-state index is 0. The molecule has 0 aromatic carbocycles. The molecular formula is C43H82BrNO5. The molecule has 0 fully saturated rings. The number of ether oxygens (including phenoxy) is 2. The van der Waals surface area contributed by atoms with Crippen molar-refractivity contribution in [3.05, 3.63) is 24.3 Å². The number of halogens is 1. The Morgan fingerprint density at radius 1 is 0.580 bits per heavy atom. The smallest absolute Gasteiger partial charge is 0.306 e. The second-order valence-electron chi connectivity index (χ2n) is 14.6. The summed E-state index contributed by atoms with van der Waals surface area (Å²) in [4.78, 5) is 27.0. The molecule has 2 unspecified atom stereocenters. The first-order chi connectivity index (χ1) is 23.9. The van der Waals surface area contributed by atoms with Crippen molar-refractivity contribution in [2.45, 2.75) is 200 Å². The Kier molecular flexibility index (Phi) is 41.3. The van der Waals surface area contributed by atoms with Gasteiger partial charge in [0.25, 0.3) is 0 Å². The zero-order valence-electron chi connectivity index (χ0n) is 33.3. The topological polar surface area (TPSA) is 76.1 Å². The largest absolute Gasteiger partial charge is 0.462 e. The van der Waals surface area contributed by atoms with Gasteiger partial charge in [0, 0.05) is 26.0 Å². The van der Waals surface area contributed by atoms with Gasteiger partial charge in [-0.1, -0.05) is 128 Å². The first-order valence-corrected chi connectivity index (χ1v) is 20.8. The molecule has 0 rings (SSSR count). The number of allylic oxidation sites excluding steroid dienone is 4. The average Bonchev–Trinajstić information content (AvgIpc) is 3.07. The first kappa shape index (κ1) is 50.9. The van der Waals surface area contributed by atoms with Gasteiger partial charge in [0.2, 0.25) is 0 Å². The lowest BCUT2D eigenvalue weighted by molar-refractivity contribution is -0.160. The summed E-state index contributed by atoms with van der Waals surface area (Å²) >= 11 is 0. The molecule has 0 aliphatic rings. The van der Waals surface area contributed by atoms with E-state index in [0.717, 1.165) is 64.2 Å². The molecule has 6 nitrogen and oxygen atoms in total. The van der Waals surface area contributed by atoms with Crippen LogP contribution in [0.3, 0.4) is 0 Å². The van der Waals surface area contributed by atoms with Crippen molar-refractivity contribution >= 4 is 28.9 Å². The molecule has 0 saturated heterocycles. The summed E-state index contributed by atoms with van der Waals surface area (Å²) in [5.41, 5.74) is 0. The van der Waals surface area contributed by atoms with Gasteiger partial charge in [0.15, 0.2) is 0 Å². The normalized spacial score (nSPS) is 12.8. The predicted molar refractivity (Wildman–Crippen MR) is 219 cm³/mol. The molecule has 0 aromatic rings. The minimum atomic E-state index is -0.461. The fourth-order valence-electron chi connectivity index (χ4n) is 6.33. The molecule has 296 valence electrons. The summed E-state index contributed by atoms with van der Waals surface area (Å²) in [6.07, 6.45) is 40.5. The first-order valence-electron chi connectivity index (χ1n) is 20.8. The fraction of sp³-hybridized carbons (Fsp3) is 0.860. The molecule has 50 heavy (non-hydrogen) atoms. The lowest BCUT2D eigenvalue weighted by atomic mass is 9.93. The third-order valence-corrected chi connectivity index (χ3v) is 9.34. The van der Waals surface area contributed by atoms with Crippen LogP contribution in [0.5, 0.6) is 0 Å². The van der Waals surface area contributed by atoms with Crippen molar-refractivity contribution in [3.8, 4) is 0 Å². The van der Waals surface area contributed by atoms with Crippen LogP contribution in [0, 0.1) is 5.92 Å². The van der Waals surface area contributed by atoms with Gasteiger partial charge in [-0.15, -0.1) is 17.0 Å². The average molecular weight is 773 g/mol. The van der Waals surface area contributed by atoms with Crippen molar-refractivity contribution in [3.63, 3.8) is 0 Å². The standard InChI is InChI=1S/C43H81NO5.BrH/c1-5-7-9-11-13-15-17-18-19-20-22-24-26-28-30-34-42(46)48-39-41(38-44(3)4)49-43(47)35-31-33-40(36-37-45)32-29-27-25-23-21-16-14-12-10-8-6-2;/h18-19,23,25,40-41,45H,5-17,20-22,24,26-39H2,1-4H3;1H/b19-18-,25-23-;. The van der Waals surface area contributed by atoms with E-state index in [0.29, 0.717) is 25.3 Å². The lowest BCUT2D eigenvalue weighted by Gasteiger charge is -2.21. The van der Waals surface area contributed by atoms with Crippen LogP contribution in [0.25, 0.3) is 0 Å². The van der Waals surface area contributed by atoms with Crippen molar-refractivity contribution < 1.29 is 24.2 Å². The molecule has 0 heterocycles. The van der Waals surface area contributed by atoms with Crippen molar-refractivity contribution in [1.29, 1.82) is 0 Å². The molecule has 7 heteroatoms. The molecule has 0 aromatic heterocycles. The summed E-state index contributed by atoms with van der Waals surface area (Å²) in [7, 11) is 3.86. The van der Waals surface area contributed by atoms with E-state index in [1.807, 2.05) is 19.0 Å². The van der Waals surface area contributed by atoms with E-state index in [2.05, 4.69) is 38.2 Å². The number of likely N-dealkylation sites (N-methyl/N-ethyl adjacent to an activating group) is 1. The maximum atomic E-state index is 12.7. The third kappa shape index (κ3) is 38.1. The zero-order chi connectivity index (χ0) is 36.0. The zero-order valence-corrected chi connectivity index (χ0v) is 35.0. The molecule has 0 amide bonds. The highest BCUT2D eigenvalue weighted by atomic mass is 79.9. The predicted octanol–water partition coefficient (Wildman–Crippen LogP) is 12.3. The van der Waals surface area contributed by atoms with Gasteiger partial charge in [0.05, 0.1) is 0 Å². The van der Waals surface area contributed by atoms with Crippen molar-refractivity contribution in [2.75, 3.05) is 33.9 Å². The maximum absolute atomic E-state index is 12.7. The van der Waals surface area contributed by atoms with Crippen LogP contribution >= 0.6 is 17.0 Å². The number of rotatable bonds is 37. The molecule has 0 spiro atoms. The molecule has 2 atom stereocenters. The summed E-state index contributed by atoms with van der Waals surface area (Å²) in [5.74, 6) is -0.0121. The number of carbonyl (C=O) groups excluding carboxylic acids is 2. The lowest BCUT2D eigenvalue weighted by Crippen LogP contribution is -2.34.